The van der Waals surface area contributed by atoms with Crippen LogP contribution in [0.2, 0.25) is 20.6 Å². The minimum atomic E-state index is -0.548. The first-order valence-electron chi connectivity index (χ1n) is 23.4. The number of amides is 5. The fourth-order valence-corrected chi connectivity index (χ4v) is 6.83. The van der Waals surface area contributed by atoms with Crippen molar-refractivity contribution in [3.05, 3.63) is 85.8 Å². The molecule has 33 heteroatoms. The van der Waals surface area contributed by atoms with Gasteiger partial charge < -0.3 is 57.6 Å². The second-order valence-electron chi connectivity index (χ2n) is 17.2. The molecule has 5 amide bonds. The van der Waals surface area contributed by atoms with Crippen molar-refractivity contribution in [2.75, 3.05) is 89.6 Å². The molecule has 426 valence electrons. The standard InChI is InChI=1S/C11H17ClN4O2.C9H10N4O3.C7H7ClN4O.C6H9ClN4.C5H4ClN3O.2C4H8O.Na.H/c1-11(2,3)18-10(17)16(4)5-7-8(12)14-6-15-9(7)13;1-13-3-5-6(8(14)16-2)10-4-11-7(5)12-9(13)15;1-12-2-4-5(8)9-3-10-6(4)11-7(12)13;1-9-2-4-5(7)10-3-11-6(4)8;6-4-3(1-10)5(7)9-2-8-4;2*1-2-4-5-3-1;;/h6H,5H2,1-4H3,(H2,13,14,15);4H,3H2,1-2H3,(H,10,11,12,15);3H,2H2,1H3,(H,9,10,11,13);3,9H,2H2,1H3,(H2,8,10,11);1-2H,(H2,7,8,9);2*1-4H2;;/q;;;;;;;+1;-1. The van der Waals surface area contributed by atoms with Crippen molar-refractivity contribution in [2.24, 2.45) is 0 Å². The van der Waals surface area contributed by atoms with Crippen LogP contribution < -0.4 is 62.7 Å². The molecule has 4 aliphatic heterocycles. The zero-order chi connectivity index (χ0) is 58.0. The van der Waals surface area contributed by atoms with Gasteiger partial charge in [0.25, 0.3) is 0 Å². The Labute approximate surface area is 500 Å². The minimum absolute atomic E-state index is 0. The third-order valence-corrected chi connectivity index (χ3v) is 11.4. The zero-order valence-corrected chi connectivity index (χ0v) is 50.2. The molecule has 5 aromatic rings. The van der Waals surface area contributed by atoms with Crippen LogP contribution in [0.15, 0.2) is 31.6 Å². The number of carbonyl (C=O) groups excluding carboxylic acids is 5. The predicted octanol–water partition coefficient (Wildman–Crippen LogP) is 3.09. The number of hydrogen-bond donors (Lipinski definition) is 6. The number of carbonyl (C=O) groups is 5. The number of esters is 1. The summed E-state index contributed by atoms with van der Waals surface area (Å²) >= 11 is 22.9. The Kier molecular flexibility index (Phi) is 30.9. The topological polar surface area (TPSA) is 375 Å². The van der Waals surface area contributed by atoms with E-state index in [0.29, 0.717) is 58.3 Å². The molecule has 0 atom stereocenters. The quantitative estimate of drug-likeness (QED) is 0.0615. The van der Waals surface area contributed by atoms with Crippen LogP contribution in [0.1, 0.15) is 91.0 Å². The Morgan fingerprint density at radius 3 is 1.56 bits per heavy atom. The van der Waals surface area contributed by atoms with Gasteiger partial charge in [0.05, 0.1) is 43.4 Å². The Hall–Kier alpha value is -6.21. The molecule has 9 heterocycles. The number of nitrogens with zero attached hydrogens (tertiary/aromatic N) is 13. The smallest absolute Gasteiger partial charge is 1.00 e. The normalized spacial score (nSPS) is 13.5. The average Bonchev–Trinajstić information content (AvgIpc) is 4.19. The molecule has 0 aromatic carbocycles. The number of fused-ring (bicyclic) bond motifs is 2. The number of nitrogen functional groups attached to an aromatic ring is 3. The summed E-state index contributed by atoms with van der Waals surface area (Å²) in [6.07, 6.45) is 11.5. The number of hydrogen-bond acceptors (Lipinski definition) is 23. The summed E-state index contributed by atoms with van der Waals surface area (Å²) in [6, 6.07) is -0.440. The molecule has 79 heavy (non-hydrogen) atoms. The molecule has 9 N–H and O–H groups in total. The van der Waals surface area contributed by atoms with Gasteiger partial charge in [-0.2, -0.15) is 0 Å². The van der Waals surface area contributed by atoms with E-state index in [2.05, 4.69) is 70.5 Å². The van der Waals surface area contributed by atoms with Crippen molar-refractivity contribution >= 4 is 106 Å². The Balaban J connectivity index is 0.000000480. The molecular weight excluding hydrogens is 1130 g/mol. The maximum atomic E-state index is 11.8. The number of rotatable bonds is 6. The van der Waals surface area contributed by atoms with Gasteiger partial charge in [0, 0.05) is 65.2 Å². The second kappa shape index (κ2) is 35.4. The van der Waals surface area contributed by atoms with E-state index in [-0.39, 0.29) is 89.3 Å². The maximum Gasteiger partial charge on any atom is 1.00 e. The molecule has 0 unspecified atom stereocenters. The molecule has 0 spiro atoms. The molecule has 9 rings (SSSR count). The maximum absolute atomic E-state index is 11.8. The fraction of sp³-hybridized carbons (Fsp3) is 0.457. The Morgan fingerprint density at radius 2 is 1.14 bits per heavy atom. The molecular formula is C46H64Cl4N19NaO9. The van der Waals surface area contributed by atoms with Crippen LogP contribution in [-0.2, 0) is 45.1 Å². The summed E-state index contributed by atoms with van der Waals surface area (Å²) < 4.78 is 19.7. The number of urea groups is 2. The summed E-state index contributed by atoms with van der Waals surface area (Å²) in [5.74, 6) is 1.12. The fourth-order valence-electron chi connectivity index (χ4n) is 6.04. The van der Waals surface area contributed by atoms with Crippen molar-refractivity contribution in [1.29, 1.82) is 0 Å². The number of nitrogens with one attached hydrogen (secondary N) is 3. The molecule has 0 bridgehead atoms. The number of aldehydes is 1. The number of ether oxygens (including phenoxy) is 4. The van der Waals surface area contributed by atoms with Gasteiger partial charge in [-0.25, -0.2) is 69.0 Å². The van der Waals surface area contributed by atoms with E-state index in [1.807, 2.05) is 7.05 Å². The molecule has 4 aliphatic rings. The summed E-state index contributed by atoms with van der Waals surface area (Å²) in [4.78, 5) is 98.1. The first kappa shape index (κ1) is 68.9. The van der Waals surface area contributed by atoms with Crippen molar-refractivity contribution in [1.82, 2.24) is 69.9 Å². The molecule has 2 saturated heterocycles. The van der Waals surface area contributed by atoms with Crippen LogP contribution in [-0.4, -0.2) is 162 Å². The Morgan fingerprint density at radius 1 is 0.709 bits per heavy atom. The van der Waals surface area contributed by atoms with E-state index in [9.17, 15) is 24.0 Å². The third-order valence-electron chi connectivity index (χ3n) is 10.1. The third kappa shape index (κ3) is 23.6. The van der Waals surface area contributed by atoms with Crippen molar-refractivity contribution < 1.29 is 73.9 Å². The number of halogens is 4. The predicted molar refractivity (Wildman–Crippen MR) is 293 cm³/mol. The summed E-state index contributed by atoms with van der Waals surface area (Å²) in [5.41, 5.74) is 18.8. The first-order chi connectivity index (χ1) is 37.0. The van der Waals surface area contributed by atoms with Gasteiger partial charge in [0.15, 0.2) is 12.0 Å². The van der Waals surface area contributed by atoms with Crippen molar-refractivity contribution in [3.8, 4) is 0 Å². The van der Waals surface area contributed by atoms with E-state index < -0.39 is 17.7 Å². The van der Waals surface area contributed by atoms with Crippen LogP contribution in [0.3, 0.4) is 0 Å². The number of aromatic nitrogens is 10. The zero-order valence-electron chi connectivity index (χ0n) is 46.2. The van der Waals surface area contributed by atoms with Crippen LogP contribution in [0.4, 0.5) is 43.5 Å². The second-order valence-corrected chi connectivity index (χ2v) is 18.7. The van der Waals surface area contributed by atoms with Crippen LogP contribution in [0.25, 0.3) is 0 Å². The summed E-state index contributed by atoms with van der Waals surface area (Å²) in [6.45, 7) is 10.9. The van der Waals surface area contributed by atoms with E-state index >= 15 is 0 Å². The monoisotopic (exact) mass is 1190 g/mol. The molecule has 2 fully saturated rings. The van der Waals surface area contributed by atoms with Gasteiger partial charge >= 0.3 is 53.7 Å². The number of nitrogens with two attached hydrogens (primary N) is 3. The van der Waals surface area contributed by atoms with Crippen molar-refractivity contribution in [3.63, 3.8) is 0 Å². The summed E-state index contributed by atoms with van der Waals surface area (Å²) in [7, 11) is 7.98. The first-order valence-corrected chi connectivity index (χ1v) is 24.9. The van der Waals surface area contributed by atoms with E-state index in [4.69, 9.17) is 77.8 Å². The van der Waals surface area contributed by atoms with Gasteiger partial charge in [-0.15, -0.1) is 0 Å². The van der Waals surface area contributed by atoms with E-state index in [1.165, 1.54) is 79.1 Å². The molecule has 28 nitrogen and oxygen atoms in total. The number of anilines is 5. The van der Waals surface area contributed by atoms with Gasteiger partial charge in [0.2, 0.25) is 0 Å². The van der Waals surface area contributed by atoms with Crippen LogP contribution in [0, 0.1) is 0 Å². The van der Waals surface area contributed by atoms with Crippen LogP contribution in [0.5, 0.6) is 0 Å². The van der Waals surface area contributed by atoms with Gasteiger partial charge in [0.1, 0.15) is 86.9 Å². The van der Waals surface area contributed by atoms with E-state index in [0.717, 1.165) is 37.6 Å². The summed E-state index contributed by atoms with van der Waals surface area (Å²) in [5, 5.41) is 9.20. The Bertz CT molecular complexity index is 2710. The molecule has 0 radical (unpaired) electrons. The average molecular weight is 1190 g/mol. The SMILES string of the molecule is C1CCOC1.C1CCOC1.CN(Cc1c(N)ncnc1Cl)C(=O)OC(C)(C)C.CN1Cc2c(Cl)ncnc2NC1=O.CNCc1c(N)ncnc1Cl.COC(=O)c1ncnc2c1CN(C)C(=O)N2.Nc1ncnc(Cl)c1C=O.[H-].[Na+]. The van der Waals surface area contributed by atoms with Crippen LogP contribution >= 0.6 is 46.4 Å². The molecule has 0 saturated carbocycles. The largest absolute Gasteiger partial charge is 1.00 e. The minimum Gasteiger partial charge on any atom is -1.00 e. The van der Waals surface area contributed by atoms with E-state index in [1.54, 1.807) is 41.9 Å². The van der Waals surface area contributed by atoms with Gasteiger partial charge in [-0.05, 0) is 53.5 Å². The van der Waals surface area contributed by atoms with Gasteiger partial charge in [-0.3, -0.25) is 15.4 Å². The van der Waals surface area contributed by atoms with Gasteiger partial charge in [-0.1, -0.05) is 46.4 Å². The molecule has 0 aliphatic carbocycles. The number of methoxy groups -OCH3 is 1. The molecule has 5 aromatic heterocycles. The van der Waals surface area contributed by atoms with Crippen molar-refractivity contribution in [2.45, 2.75) is 78.2 Å².